The van der Waals surface area contributed by atoms with Crippen molar-refractivity contribution in [1.29, 1.82) is 0 Å². The average molecular weight is 660 g/mol. The number of benzene rings is 3. The minimum Gasteiger partial charge on any atom is -0.497 e. The lowest BCUT2D eigenvalue weighted by atomic mass is 9.83. The number of amides is 3. The van der Waals surface area contributed by atoms with Gasteiger partial charge in [0.25, 0.3) is 0 Å². The minimum atomic E-state index is -4.68. The number of carbonyl (C=O) groups is 3. The number of fused-ring (bicyclic) bond motifs is 2. The van der Waals surface area contributed by atoms with E-state index >= 15 is 0 Å². The van der Waals surface area contributed by atoms with Gasteiger partial charge in [-0.3, -0.25) is 23.7 Å². The van der Waals surface area contributed by atoms with Crippen LogP contribution in [0.2, 0.25) is 5.02 Å². The second-order valence-corrected chi connectivity index (χ2v) is 12.6. The third-order valence-electron chi connectivity index (χ3n) is 7.39. The number of hydrogen-bond donors (Lipinski definition) is 1. The molecule has 6 rings (SSSR count). The second-order valence-electron chi connectivity index (χ2n) is 10.1. The fourth-order valence-electron chi connectivity index (χ4n) is 5.38. The summed E-state index contributed by atoms with van der Waals surface area (Å²) in [6.07, 6.45) is -4.68. The van der Waals surface area contributed by atoms with Crippen LogP contribution < -0.4 is 19.8 Å². The quantitative estimate of drug-likeness (QED) is 0.254. The molecule has 44 heavy (non-hydrogen) atoms. The third kappa shape index (κ3) is 5.39. The van der Waals surface area contributed by atoms with Gasteiger partial charge in [-0.1, -0.05) is 52.9 Å². The molecule has 0 bridgehead atoms. The molecule has 2 aliphatic heterocycles. The monoisotopic (exact) mass is 659 g/mol. The van der Waals surface area contributed by atoms with Gasteiger partial charge in [0.1, 0.15) is 17.5 Å². The summed E-state index contributed by atoms with van der Waals surface area (Å²) in [6.45, 7) is -0.369. The van der Waals surface area contributed by atoms with Gasteiger partial charge in [0, 0.05) is 21.5 Å². The fourth-order valence-corrected chi connectivity index (χ4v) is 8.28. The molecule has 3 atom stereocenters. The van der Waals surface area contributed by atoms with Crippen LogP contribution in [0.15, 0.2) is 82.6 Å². The maximum absolute atomic E-state index is 14.0. The molecule has 1 saturated heterocycles. The Morgan fingerprint density at radius 3 is 2.36 bits per heavy atom. The van der Waals surface area contributed by atoms with Gasteiger partial charge in [0.05, 0.1) is 29.3 Å². The number of thiazole rings is 1. The lowest BCUT2D eigenvalue weighted by Crippen LogP contribution is -2.33. The van der Waals surface area contributed by atoms with Gasteiger partial charge in [-0.2, -0.15) is 13.2 Å². The number of ether oxygens (including phenoxy) is 1. The van der Waals surface area contributed by atoms with Crippen LogP contribution in [0.1, 0.15) is 21.9 Å². The number of carbonyl (C=O) groups excluding carboxylic acids is 3. The molecule has 14 heteroatoms. The number of nitrogens with zero attached hydrogens (tertiary/aromatic N) is 2. The maximum atomic E-state index is 14.0. The highest BCUT2D eigenvalue weighted by molar-refractivity contribution is 8.00. The molecule has 226 valence electrons. The molecule has 1 fully saturated rings. The molecule has 1 aromatic heterocycles. The molecule has 2 aliphatic rings. The summed E-state index contributed by atoms with van der Waals surface area (Å²) in [5.41, 5.74) is -0.118. The van der Waals surface area contributed by atoms with Crippen molar-refractivity contribution in [2.24, 2.45) is 5.92 Å². The first-order valence-electron chi connectivity index (χ1n) is 13.1. The van der Waals surface area contributed by atoms with E-state index in [1.807, 2.05) is 0 Å². The zero-order valence-corrected chi connectivity index (χ0v) is 25.0. The van der Waals surface area contributed by atoms with E-state index in [0.717, 1.165) is 46.2 Å². The van der Waals surface area contributed by atoms with E-state index in [0.29, 0.717) is 31.9 Å². The van der Waals surface area contributed by atoms with Crippen molar-refractivity contribution in [3.05, 3.63) is 103 Å². The van der Waals surface area contributed by atoms with E-state index in [9.17, 15) is 32.3 Å². The van der Waals surface area contributed by atoms with Gasteiger partial charge in [0.2, 0.25) is 17.7 Å². The van der Waals surface area contributed by atoms with E-state index in [1.165, 1.54) is 17.7 Å². The van der Waals surface area contributed by atoms with E-state index in [2.05, 4.69) is 5.32 Å². The number of thioether (sulfide) groups is 1. The zero-order chi connectivity index (χ0) is 31.3. The molecule has 3 amide bonds. The molecular weight excluding hydrogens is 639 g/mol. The molecule has 3 heterocycles. The van der Waals surface area contributed by atoms with Crippen molar-refractivity contribution < 1.29 is 32.3 Å². The van der Waals surface area contributed by atoms with Crippen LogP contribution in [0.3, 0.4) is 0 Å². The molecular formula is C30H21ClF3N3O5S2. The topological polar surface area (TPSA) is 97.7 Å². The molecule has 8 nitrogen and oxygen atoms in total. The van der Waals surface area contributed by atoms with Crippen molar-refractivity contribution in [2.75, 3.05) is 17.3 Å². The lowest BCUT2D eigenvalue weighted by Gasteiger charge is -2.30. The Balaban J connectivity index is 1.41. The Labute approximate surface area is 261 Å². The first kappa shape index (κ1) is 30.0. The Hall–Kier alpha value is -4.07. The second kappa shape index (κ2) is 11.5. The number of aromatic nitrogens is 1. The van der Waals surface area contributed by atoms with Crippen molar-refractivity contribution in [3.63, 3.8) is 0 Å². The molecule has 0 spiro atoms. The number of hydrogen-bond acceptors (Lipinski definition) is 7. The molecule has 0 aliphatic carbocycles. The summed E-state index contributed by atoms with van der Waals surface area (Å²) in [4.78, 5) is 54.8. The summed E-state index contributed by atoms with van der Waals surface area (Å²) in [6, 6.07) is 17.3. The standard InChI is InChI=1S/C30H21ClF3N3O5S2/c1-42-20-11-5-15(6-12-20)22-23-24(27(40)37(26(23)39)19-4-2-3-16(13-19)30(32,33)34)43-28-25(22)44-29(41)36(28)14-21(38)35-18-9-7-17(31)8-10-18/h2-13,22-24H,14H2,1H3,(H,35,38). The predicted octanol–water partition coefficient (Wildman–Crippen LogP) is 6.03. The van der Waals surface area contributed by atoms with Crippen molar-refractivity contribution >= 4 is 63.8 Å². The third-order valence-corrected chi connectivity index (χ3v) is 10.2. The van der Waals surface area contributed by atoms with Gasteiger partial charge in [-0.15, -0.1) is 0 Å². The SMILES string of the molecule is COc1ccc(C2c3sc(=O)n(CC(=O)Nc4ccc(Cl)cc4)c3SC3C(=O)N(c4cccc(C(F)(F)F)c4)C(=O)C32)cc1. The maximum Gasteiger partial charge on any atom is 0.416 e. The number of nitrogens with one attached hydrogen (secondary N) is 1. The first-order valence-corrected chi connectivity index (χ1v) is 15.2. The van der Waals surface area contributed by atoms with Crippen LogP contribution in [-0.4, -0.2) is 34.6 Å². The first-order chi connectivity index (χ1) is 21.0. The van der Waals surface area contributed by atoms with Crippen LogP contribution >= 0.6 is 34.7 Å². The number of anilines is 2. The van der Waals surface area contributed by atoms with Gasteiger partial charge in [-0.05, 0) is 60.2 Å². The largest absolute Gasteiger partial charge is 0.497 e. The summed E-state index contributed by atoms with van der Waals surface area (Å²) < 4.78 is 47.0. The number of alkyl halides is 3. The van der Waals surface area contributed by atoms with Crippen molar-refractivity contribution in [3.8, 4) is 5.75 Å². The highest BCUT2D eigenvalue weighted by Gasteiger charge is 2.57. The van der Waals surface area contributed by atoms with Crippen LogP contribution in [0.4, 0.5) is 24.5 Å². The lowest BCUT2D eigenvalue weighted by molar-refractivity contribution is -0.137. The highest BCUT2D eigenvalue weighted by Crippen LogP contribution is 2.54. The number of imide groups is 1. The van der Waals surface area contributed by atoms with Crippen LogP contribution in [0.25, 0.3) is 0 Å². The Kier molecular flexibility index (Phi) is 7.80. The fraction of sp³-hybridized carbons (Fsp3) is 0.200. The van der Waals surface area contributed by atoms with Gasteiger partial charge in [0.15, 0.2) is 0 Å². The van der Waals surface area contributed by atoms with E-state index < -0.39 is 51.4 Å². The molecule has 0 radical (unpaired) electrons. The van der Waals surface area contributed by atoms with E-state index in [1.54, 1.807) is 48.5 Å². The average Bonchev–Trinajstić information content (AvgIpc) is 3.44. The Morgan fingerprint density at radius 1 is 1.00 bits per heavy atom. The predicted molar refractivity (Wildman–Crippen MR) is 161 cm³/mol. The van der Waals surface area contributed by atoms with Crippen LogP contribution in [0, 0.1) is 5.92 Å². The molecule has 3 unspecified atom stereocenters. The van der Waals surface area contributed by atoms with Crippen molar-refractivity contribution in [2.45, 2.75) is 28.9 Å². The van der Waals surface area contributed by atoms with Crippen LogP contribution in [0.5, 0.6) is 5.75 Å². The van der Waals surface area contributed by atoms with E-state index in [4.69, 9.17) is 16.3 Å². The molecule has 1 N–H and O–H groups in total. The number of methoxy groups -OCH3 is 1. The molecule has 0 saturated carbocycles. The molecule has 3 aromatic carbocycles. The molecule has 4 aromatic rings. The summed E-state index contributed by atoms with van der Waals surface area (Å²) in [5.74, 6) is -3.14. The zero-order valence-electron chi connectivity index (χ0n) is 22.6. The highest BCUT2D eigenvalue weighted by atomic mass is 35.5. The van der Waals surface area contributed by atoms with Gasteiger partial charge < -0.3 is 10.1 Å². The Bertz CT molecular complexity index is 1840. The summed E-state index contributed by atoms with van der Waals surface area (Å²) in [7, 11) is 1.49. The van der Waals surface area contributed by atoms with Crippen LogP contribution in [-0.2, 0) is 27.1 Å². The van der Waals surface area contributed by atoms with Gasteiger partial charge >= 0.3 is 11.0 Å². The number of halogens is 4. The van der Waals surface area contributed by atoms with E-state index in [-0.39, 0.29) is 12.2 Å². The summed E-state index contributed by atoms with van der Waals surface area (Å²) >= 11 is 7.75. The van der Waals surface area contributed by atoms with Gasteiger partial charge in [-0.25, -0.2) is 4.90 Å². The normalized spacial score (nSPS) is 19.5. The number of rotatable bonds is 6. The smallest absolute Gasteiger partial charge is 0.416 e. The van der Waals surface area contributed by atoms with Crippen molar-refractivity contribution in [1.82, 2.24) is 4.57 Å². The Morgan fingerprint density at radius 2 is 1.70 bits per heavy atom. The minimum absolute atomic E-state index is 0.193. The summed E-state index contributed by atoms with van der Waals surface area (Å²) in [5, 5.41) is 2.48.